The topological polar surface area (TPSA) is 44.8 Å². The van der Waals surface area contributed by atoms with Crippen LogP contribution in [-0.2, 0) is 11.2 Å². The number of ether oxygens (including phenoxy) is 1. The van der Waals surface area contributed by atoms with Gasteiger partial charge in [-0.15, -0.1) is 0 Å². The van der Waals surface area contributed by atoms with Crippen LogP contribution in [0.1, 0.15) is 5.56 Å². The number of anilines is 3. The first kappa shape index (κ1) is 20.4. The SMILES string of the molecule is COc1cccc(N2CCN3c4ccccc4C[C@H](C(=O)Nc4ccc(F)cc4)[C@@H]3C2)c1. The lowest BCUT2D eigenvalue weighted by Crippen LogP contribution is -2.60. The van der Waals surface area contributed by atoms with Crippen molar-refractivity contribution >= 4 is 23.0 Å². The van der Waals surface area contributed by atoms with E-state index in [1.807, 2.05) is 24.3 Å². The second-order valence-corrected chi connectivity index (χ2v) is 8.34. The van der Waals surface area contributed by atoms with Crippen LogP contribution in [0.5, 0.6) is 5.75 Å². The van der Waals surface area contributed by atoms with Gasteiger partial charge >= 0.3 is 0 Å². The molecule has 1 N–H and O–H groups in total. The second kappa shape index (κ2) is 8.54. The van der Waals surface area contributed by atoms with Gasteiger partial charge in [-0.25, -0.2) is 4.39 Å². The summed E-state index contributed by atoms with van der Waals surface area (Å²) in [5.41, 5.74) is 4.12. The summed E-state index contributed by atoms with van der Waals surface area (Å²) in [5.74, 6) is 0.253. The van der Waals surface area contributed by atoms with Gasteiger partial charge in [0.05, 0.1) is 19.1 Å². The molecule has 5 rings (SSSR count). The molecular formula is C26H26FN3O2. The number of para-hydroxylation sites is 1. The van der Waals surface area contributed by atoms with E-state index in [9.17, 15) is 9.18 Å². The molecular weight excluding hydrogens is 405 g/mol. The molecule has 0 bridgehead atoms. The monoisotopic (exact) mass is 431 g/mol. The van der Waals surface area contributed by atoms with Gasteiger partial charge in [-0.2, -0.15) is 0 Å². The minimum atomic E-state index is -0.318. The predicted octanol–water partition coefficient (Wildman–Crippen LogP) is 4.34. The predicted molar refractivity (Wildman–Crippen MR) is 125 cm³/mol. The molecule has 1 fully saturated rings. The fourth-order valence-electron chi connectivity index (χ4n) is 4.87. The number of rotatable bonds is 4. The largest absolute Gasteiger partial charge is 0.497 e. The van der Waals surface area contributed by atoms with Crippen molar-refractivity contribution in [2.75, 3.05) is 41.9 Å². The number of carbonyl (C=O) groups excluding carboxylic acids is 1. The molecule has 32 heavy (non-hydrogen) atoms. The first-order chi connectivity index (χ1) is 15.6. The lowest BCUT2D eigenvalue weighted by molar-refractivity contribution is -0.120. The molecule has 2 aliphatic rings. The molecule has 0 unspecified atom stereocenters. The van der Waals surface area contributed by atoms with Crippen LogP contribution in [0.15, 0.2) is 72.8 Å². The average molecular weight is 432 g/mol. The van der Waals surface area contributed by atoms with Gasteiger partial charge in [0.1, 0.15) is 11.6 Å². The van der Waals surface area contributed by atoms with E-state index in [-0.39, 0.29) is 23.7 Å². The Morgan fingerprint density at radius 3 is 2.66 bits per heavy atom. The van der Waals surface area contributed by atoms with E-state index in [4.69, 9.17) is 4.74 Å². The van der Waals surface area contributed by atoms with E-state index in [2.05, 4.69) is 39.4 Å². The molecule has 1 amide bonds. The summed E-state index contributed by atoms with van der Waals surface area (Å²) in [6.45, 7) is 2.44. The summed E-state index contributed by atoms with van der Waals surface area (Å²) < 4.78 is 18.7. The van der Waals surface area contributed by atoms with Gasteiger partial charge in [-0.05, 0) is 54.4 Å². The fourth-order valence-corrected chi connectivity index (χ4v) is 4.87. The number of nitrogens with zero attached hydrogens (tertiary/aromatic N) is 2. The third-order valence-electron chi connectivity index (χ3n) is 6.49. The third kappa shape index (κ3) is 3.88. The maximum atomic E-state index is 13.4. The molecule has 164 valence electrons. The molecule has 1 saturated heterocycles. The Morgan fingerprint density at radius 1 is 1.03 bits per heavy atom. The van der Waals surface area contributed by atoms with Crippen molar-refractivity contribution in [3.63, 3.8) is 0 Å². The average Bonchev–Trinajstić information content (AvgIpc) is 2.84. The number of amides is 1. The van der Waals surface area contributed by atoms with Crippen molar-refractivity contribution in [2.45, 2.75) is 12.5 Å². The zero-order chi connectivity index (χ0) is 22.1. The zero-order valence-corrected chi connectivity index (χ0v) is 18.0. The van der Waals surface area contributed by atoms with Crippen LogP contribution in [0.25, 0.3) is 0 Å². The highest BCUT2D eigenvalue weighted by atomic mass is 19.1. The van der Waals surface area contributed by atoms with Gasteiger partial charge in [0.15, 0.2) is 0 Å². The molecule has 6 heteroatoms. The Kier molecular flexibility index (Phi) is 5.43. The maximum Gasteiger partial charge on any atom is 0.229 e. The number of piperazine rings is 1. The van der Waals surface area contributed by atoms with Crippen molar-refractivity contribution in [1.29, 1.82) is 0 Å². The number of hydrogen-bond donors (Lipinski definition) is 1. The van der Waals surface area contributed by atoms with Gasteiger partial charge in [0, 0.05) is 42.8 Å². The van der Waals surface area contributed by atoms with Crippen LogP contribution in [0.3, 0.4) is 0 Å². The van der Waals surface area contributed by atoms with E-state index in [1.54, 1.807) is 19.2 Å². The lowest BCUT2D eigenvalue weighted by Gasteiger charge is -2.49. The van der Waals surface area contributed by atoms with Gasteiger partial charge in [0.2, 0.25) is 5.91 Å². The second-order valence-electron chi connectivity index (χ2n) is 8.34. The Labute approximate surface area is 187 Å². The summed E-state index contributed by atoms with van der Waals surface area (Å²) in [6, 6.07) is 22.4. The van der Waals surface area contributed by atoms with E-state index >= 15 is 0 Å². The van der Waals surface area contributed by atoms with Crippen molar-refractivity contribution in [1.82, 2.24) is 0 Å². The minimum absolute atomic E-state index is 0.0327. The summed E-state index contributed by atoms with van der Waals surface area (Å²) in [5, 5.41) is 3.00. The van der Waals surface area contributed by atoms with Gasteiger partial charge in [-0.3, -0.25) is 4.79 Å². The van der Waals surface area contributed by atoms with Crippen molar-refractivity contribution in [3.05, 3.63) is 84.2 Å². The van der Waals surface area contributed by atoms with Gasteiger partial charge < -0.3 is 19.9 Å². The normalized spacial score (nSPS) is 19.7. The van der Waals surface area contributed by atoms with E-state index in [0.29, 0.717) is 12.1 Å². The number of fused-ring (bicyclic) bond motifs is 3. The van der Waals surface area contributed by atoms with Crippen molar-refractivity contribution in [3.8, 4) is 5.75 Å². The van der Waals surface area contributed by atoms with Crippen LogP contribution in [-0.4, -0.2) is 38.7 Å². The van der Waals surface area contributed by atoms with E-state index in [0.717, 1.165) is 31.1 Å². The van der Waals surface area contributed by atoms with Crippen LogP contribution in [0.2, 0.25) is 0 Å². The quantitative estimate of drug-likeness (QED) is 0.668. The van der Waals surface area contributed by atoms with E-state index in [1.165, 1.54) is 23.4 Å². The highest BCUT2D eigenvalue weighted by Gasteiger charge is 2.41. The molecule has 2 heterocycles. The Bertz CT molecular complexity index is 1120. The standard InChI is InChI=1S/C26H26FN3O2/c1-32-22-7-4-6-21(16-22)29-13-14-30-24-8-3-2-5-18(24)15-23(25(30)17-29)26(31)28-20-11-9-19(27)10-12-20/h2-12,16,23,25H,13-15,17H2,1H3,(H,28,31)/t23-,25-/m0/s1. The molecule has 0 aromatic heterocycles. The van der Waals surface area contributed by atoms with Crippen molar-refractivity contribution in [2.24, 2.45) is 5.92 Å². The number of halogens is 1. The van der Waals surface area contributed by atoms with Crippen molar-refractivity contribution < 1.29 is 13.9 Å². The summed E-state index contributed by atoms with van der Waals surface area (Å²) >= 11 is 0. The summed E-state index contributed by atoms with van der Waals surface area (Å²) in [4.78, 5) is 18.1. The zero-order valence-electron chi connectivity index (χ0n) is 18.0. The smallest absolute Gasteiger partial charge is 0.229 e. The minimum Gasteiger partial charge on any atom is -0.497 e. The lowest BCUT2D eigenvalue weighted by atomic mass is 9.83. The Hall–Kier alpha value is -3.54. The molecule has 2 aliphatic heterocycles. The maximum absolute atomic E-state index is 13.4. The highest BCUT2D eigenvalue weighted by molar-refractivity contribution is 5.94. The number of benzene rings is 3. The van der Waals surface area contributed by atoms with Crippen LogP contribution in [0.4, 0.5) is 21.5 Å². The molecule has 0 aliphatic carbocycles. The molecule has 5 nitrogen and oxygen atoms in total. The molecule has 0 spiro atoms. The Morgan fingerprint density at radius 2 is 1.84 bits per heavy atom. The fraction of sp³-hybridized carbons (Fsp3) is 0.269. The van der Waals surface area contributed by atoms with E-state index < -0.39 is 0 Å². The van der Waals surface area contributed by atoms with Crippen LogP contribution >= 0.6 is 0 Å². The highest BCUT2D eigenvalue weighted by Crippen LogP contribution is 2.37. The number of nitrogens with one attached hydrogen (secondary N) is 1. The number of hydrogen-bond acceptors (Lipinski definition) is 4. The molecule has 0 saturated carbocycles. The number of methoxy groups -OCH3 is 1. The van der Waals surface area contributed by atoms with Gasteiger partial charge in [-0.1, -0.05) is 24.3 Å². The first-order valence-corrected chi connectivity index (χ1v) is 10.9. The molecule has 0 radical (unpaired) electrons. The van der Waals surface area contributed by atoms with Crippen LogP contribution < -0.4 is 19.9 Å². The van der Waals surface area contributed by atoms with Gasteiger partial charge in [0.25, 0.3) is 0 Å². The molecule has 3 aromatic carbocycles. The molecule has 2 atom stereocenters. The first-order valence-electron chi connectivity index (χ1n) is 10.9. The molecule has 3 aromatic rings. The van der Waals surface area contributed by atoms with Crippen LogP contribution in [0, 0.1) is 11.7 Å². The third-order valence-corrected chi connectivity index (χ3v) is 6.49. The summed E-state index contributed by atoms with van der Waals surface area (Å²) in [7, 11) is 1.67. The summed E-state index contributed by atoms with van der Waals surface area (Å²) in [6.07, 6.45) is 0.677. The number of carbonyl (C=O) groups is 1. The Balaban J connectivity index is 1.44.